The molecule has 6 rings (SSSR count). The number of rotatable bonds is 8. The van der Waals surface area contributed by atoms with Gasteiger partial charge < -0.3 is 14.6 Å². The molecule has 40 heavy (non-hydrogen) atoms. The van der Waals surface area contributed by atoms with Crippen molar-refractivity contribution in [3.05, 3.63) is 63.6 Å². The summed E-state index contributed by atoms with van der Waals surface area (Å²) < 4.78 is 1.63. The summed E-state index contributed by atoms with van der Waals surface area (Å²) in [5, 5.41) is 10.8. The molecule has 4 fully saturated rings. The molecule has 2 aromatic rings. The molecule has 1 aromatic carbocycles. The lowest BCUT2D eigenvalue weighted by atomic mass is 9.46. The Bertz CT molecular complexity index is 1330. The molecule has 0 radical (unpaired) electrons. The maximum absolute atomic E-state index is 14.1. The van der Waals surface area contributed by atoms with Crippen molar-refractivity contribution in [2.45, 2.75) is 103 Å². The maximum atomic E-state index is 14.1. The molecule has 3 saturated carbocycles. The van der Waals surface area contributed by atoms with E-state index in [0.717, 1.165) is 44.6 Å². The van der Waals surface area contributed by atoms with Gasteiger partial charge in [0.2, 0.25) is 0 Å². The first-order valence-electron chi connectivity index (χ1n) is 15.9. The van der Waals surface area contributed by atoms with Crippen molar-refractivity contribution in [2.75, 3.05) is 19.6 Å². The van der Waals surface area contributed by atoms with Gasteiger partial charge in [0.05, 0.1) is 5.56 Å². The molecule has 6 heteroatoms. The maximum Gasteiger partial charge on any atom is 0.255 e. The van der Waals surface area contributed by atoms with Crippen LogP contribution in [-0.2, 0) is 18.4 Å². The highest BCUT2D eigenvalue weighted by atomic mass is 16.3. The average molecular weight is 546 g/mol. The Balaban J connectivity index is 1.44. The van der Waals surface area contributed by atoms with Crippen molar-refractivity contribution < 1.29 is 9.90 Å². The van der Waals surface area contributed by atoms with Crippen LogP contribution >= 0.6 is 0 Å². The summed E-state index contributed by atoms with van der Waals surface area (Å²) in [4.78, 5) is 31.3. The molecule has 2 heterocycles. The summed E-state index contributed by atoms with van der Waals surface area (Å²) in [6.45, 7) is 12.3. The molecule has 216 valence electrons. The number of piperidine rings is 1. The van der Waals surface area contributed by atoms with E-state index in [1.54, 1.807) is 16.8 Å². The van der Waals surface area contributed by atoms with Gasteiger partial charge in [-0.1, -0.05) is 13.0 Å². The topological polar surface area (TPSA) is 65.8 Å². The number of amides is 1. The van der Waals surface area contributed by atoms with E-state index < -0.39 is 0 Å². The summed E-state index contributed by atoms with van der Waals surface area (Å²) in [5.41, 5.74) is 3.32. The van der Waals surface area contributed by atoms with Crippen molar-refractivity contribution in [3.63, 3.8) is 0 Å². The Kier molecular flexibility index (Phi) is 7.13. The lowest BCUT2D eigenvalue weighted by molar-refractivity contribution is -0.0909. The smallest absolute Gasteiger partial charge is 0.255 e. The molecular weight excluding hydrogens is 498 g/mol. The van der Waals surface area contributed by atoms with Crippen molar-refractivity contribution in [2.24, 2.45) is 17.3 Å². The van der Waals surface area contributed by atoms with Crippen LogP contribution in [0.3, 0.4) is 0 Å². The van der Waals surface area contributed by atoms with E-state index in [2.05, 4.69) is 42.7 Å². The number of phenols is 1. The van der Waals surface area contributed by atoms with E-state index >= 15 is 0 Å². The molecule has 4 aliphatic rings. The zero-order valence-electron chi connectivity index (χ0n) is 24.9. The van der Waals surface area contributed by atoms with Gasteiger partial charge in [-0.3, -0.25) is 14.5 Å². The molecule has 1 aromatic heterocycles. The van der Waals surface area contributed by atoms with Crippen molar-refractivity contribution in [1.82, 2.24) is 14.4 Å². The van der Waals surface area contributed by atoms with E-state index in [-0.39, 0.29) is 28.3 Å². The Hall–Kier alpha value is -2.60. The van der Waals surface area contributed by atoms with Crippen LogP contribution in [0, 0.1) is 17.3 Å². The molecule has 1 saturated heterocycles. The Morgan fingerprint density at radius 1 is 1.05 bits per heavy atom. The van der Waals surface area contributed by atoms with Gasteiger partial charge in [-0.15, -0.1) is 0 Å². The first kappa shape index (κ1) is 27.6. The summed E-state index contributed by atoms with van der Waals surface area (Å²) in [5.74, 6) is 1.61. The number of nitrogens with zero attached hydrogens (tertiary/aromatic N) is 3. The highest BCUT2D eigenvalue weighted by Gasteiger charge is 2.69. The van der Waals surface area contributed by atoms with Crippen LogP contribution < -0.4 is 5.56 Å². The second kappa shape index (κ2) is 10.3. The van der Waals surface area contributed by atoms with Crippen LogP contribution in [0.1, 0.15) is 94.1 Å². The predicted molar refractivity (Wildman–Crippen MR) is 159 cm³/mol. The van der Waals surface area contributed by atoms with E-state index in [1.165, 1.54) is 43.0 Å². The van der Waals surface area contributed by atoms with E-state index in [0.29, 0.717) is 36.4 Å². The largest absolute Gasteiger partial charge is 0.508 e. The van der Waals surface area contributed by atoms with Gasteiger partial charge in [0.1, 0.15) is 5.75 Å². The third-order valence-corrected chi connectivity index (χ3v) is 11.6. The quantitative estimate of drug-likeness (QED) is 0.469. The third-order valence-electron chi connectivity index (χ3n) is 11.6. The number of aromatic nitrogens is 1. The summed E-state index contributed by atoms with van der Waals surface area (Å²) in [6, 6.07) is 9.96. The molecule has 5 atom stereocenters. The molecule has 1 aliphatic heterocycles. The van der Waals surface area contributed by atoms with Gasteiger partial charge in [0.25, 0.3) is 11.5 Å². The highest BCUT2D eigenvalue weighted by molar-refractivity contribution is 5.94. The number of carbonyl (C=O) groups is 1. The summed E-state index contributed by atoms with van der Waals surface area (Å²) in [6.07, 6.45) is 10.9. The molecule has 2 bridgehead atoms. The number of benzene rings is 1. The van der Waals surface area contributed by atoms with Crippen LogP contribution in [0.4, 0.5) is 0 Å². The number of likely N-dealkylation sites (tertiary alicyclic amines) is 1. The minimum atomic E-state index is -0.0674. The molecule has 3 aliphatic carbocycles. The van der Waals surface area contributed by atoms with Crippen molar-refractivity contribution >= 4 is 5.91 Å². The second-order valence-electron chi connectivity index (χ2n) is 13.1. The fraction of sp³-hybridized carbons (Fsp3) is 0.647. The lowest BCUT2D eigenvalue weighted by Gasteiger charge is -2.64. The zero-order valence-corrected chi connectivity index (χ0v) is 24.9. The number of aryl methyl sites for hydroxylation is 2. The molecule has 0 spiro atoms. The number of hydrogen-bond acceptors (Lipinski definition) is 4. The van der Waals surface area contributed by atoms with Crippen LogP contribution in [0.25, 0.3) is 0 Å². The number of phenolic OH excluding ortho intramolecular Hbond substituents is 1. The Morgan fingerprint density at radius 3 is 2.52 bits per heavy atom. The van der Waals surface area contributed by atoms with E-state index in [4.69, 9.17) is 0 Å². The zero-order chi connectivity index (χ0) is 28.2. The fourth-order valence-corrected chi connectivity index (χ4v) is 9.56. The SMILES string of the molecule is CCc1ccc(O)cc1C12CCN(CC3CC3)C(C)C13CCC(N(CC)C(=O)c1ccc(=O)n(CC)c1)C2CC3. The Labute approximate surface area is 239 Å². The van der Waals surface area contributed by atoms with Crippen LogP contribution in [0.2, 0.25) is 0 Å². The number of pyridine rings is 1. The van der Waals surface area contributed by atoms with E-state index in [1.807, 2.05) is 13.0 Å². The van der Waals surface area contributed by atoms with Crippen molar-refractivity contribution in [1.29, 1.82) is 0 Å². The average Bonchev–Trinajstić information content (AvgIpc) is 3.75. The van der Waals surface area contributed by atoms with Gasteiger partial charge in [0, 0.05) is 49.4 Å². The minimum Gasteiger partial charge on any atom is -0.508 e. The van der Waals surface area contributed by atoms with Gasteiger partial charge in [-0.25, -0.2) is 0 Å². The van der Waals surface area contributed by atoms with Gasteiger partial charge in [-0.05, 0) is 125 Å². The Morgan fingerprint density at radius 2 is 1.82 bits per heavy atom. The monoisotopic (exact) mass is 545 g/mol. The minimum absolute atomic E-state index is 0.0371. The fourth-order valence-electron chi connectivity index (χ4n) is 9.56. The molecule has 5 unspecified atom stereocenters. The number of carbonyl (C=O) groups excluding carboxylic acids is 1. The normalized spacial score (nSPS) is 31.6. The summed E-state index contributed by atoms with van der Waals surface area (Å²) >= 11 is 0. The number of aromatic hydroxyl groups is 1. The highest BCUT2D eigenvalue weighted by Crippen LogP contribution is 2.70. The van der Waals surface area contributed by atoms with Crippen LogP contribution in [-0.4, -0.2) is 57.1 Å². The molecule has 1 amide bonds. The predicted octanol–water partition coefficient (Wildman–Crippen LogP) is 5.60. The molecule has 1 N–H and O–H groups in total. The van der Waals surface area contributed by atoms with Crippen molar-refractivity contribution in [3.8, 4) is 5.75 Å². The summed E-state index contributed by atoms with van der Waals surface area (Å²) in [7, 11) is 0. The van der Waals surface area contributed by atoms with E-state index in [9.17, 15) is 14.7 Å². The molecular formula is C34H47N3O3. The number of hydrogen-bond donors (Lipinski definition) is 1. The van der Waals surface area contributed by atoms with Crippen LogP contribution in [0.15, 0.2) is 41.3 Å². The van der Waals surface area contributed by atoms with Crippen LogP contribution in [0.5, 0.6) is 5.75 Å². The molecule has 6 nitrogen and oxygen atoms in total. The third kappa shape index (κ3) is 4.07. The van der Waals surface area contributed by atoms with Gasteiger partial charge in [0.15, 0.2) is 0 Å². The second-order valence-corrected chi connectivity index (χ2v) is 13.1. The first-order valence-corrected chi connectivity index (χ1v) is 15.9. The standard InChI is InChI=1S/C34H47N3O3/c1-5-25-10-12-27(38)20-29(25)34-18-19-36(21-24-8-9-24)23(4)33(34)16-14-28(34)30(15-17-33)37(7-3)32(40)26-11-13-31(39)35(6-2)22-26/h10-13,20,22-24,28,30,38H,5-9,14-19,21H2,1-4H3. The lowest BCUT2D eigenvalue weighted by Crippen LogP contribution is -2.67. The first-order chi connectivity index (χ1) is 19.3. The van der Waals surface area contributed by atoms with Gasteiger partial charge >= 0.3 is 0 Å². The van der Waals surface area contributed by atoms with Gasteiger partial charge in [-0.2, -0.15) is 0 Å².